The first-order chi connectivity index (χ1) is 14.1. The van der Waals surface area contributed by atoms with Gasteiger partial charge in [-0.3, -0.25) is 0 Å². The van der Waals surface area contributed by atoms with Gasteiger partial charge in [0.05, 0.1) is 0 Å². The SMILES string of the molecule is Nc1nc(N2CC[C@H]3CNC[C@H]32)c2oc3ccc(Cl)cc3c2n1.O=C(O)C(F)(F)F. The smallest absolute Gasteiger partial charge is 0.475 e. The maximum Gasteiger partial charge on any atom is 0.490 e. The molecule has 8 nitrogen and oxygen atoms in total. The molecule has 0 bridgehead atoms. The van der Waals surface area contributed by atoms with E-state index in [4.69, 9.17) is 31.7 Å². The van der Waals surface area contributed by atoms with Crippen molar-refractivity contribution >= 4 is 51.4 Å². The van der Waals surface area contributed by atoms with Crippen molar-refractivity contribution in [2.24, 2.45) is 5.92 Å². The first-order valence-corrected chi connectivity index (χ1v) is 9.45. The summed E-state index contributed by atoms with van der Waals surface area (Å²) in [7, 11) is 0. The predicted molar refractivity (Wildman–Crippen MR) is 105 cm³/mol. The standard InChI is InChI=1S/C16H16ClN5O.C2HF3O2/c17-9-1-2-12-10(5-9)13-14(23-12)15(21-16(18)20-13)22-4-3-8-6-19-7-11(8)22;3-2(4,5)1(6)7/h1-2,5,8,11,19H,3-4,6-7H2,(H2,18,20,21);(H,6,7)/t8-,11+;/m0./s1. The minimum Gasteiger partial charge on any atom is -0.475 e. The highest BCUT2D eigenvalue weighted by atomic mass is 35.5. The van der Waals surface area contributed by atoms with E-state index in [0.29, 0.717) is 22.6 Å². The lowest BCUT2D eigenvalue weighted by molar-refractivity contribution is -0.192. The Bertz CT molecular complexity index is 1120. The molecule has 2 saturated heterocycles. The van der Waals surface area contributed by atoms with Crippen molar-refractivity contribution in [3.8, 4) is 0 Å². The van der Waals surface area contributed by atoms with Gasteiger partial charge < -0.3 is 25.5 Å². The number of fused-ring (bicyclic) bond motifs is 4. The Morgan fingerprint density at radius 1 is 1.33 bits per heavy atom. The Hall–Kier alpha value is -2.79. The summed E-state index contributed by atoms with van der Waals surface area (Å²) in [5.41, 5.74) is 8.17. The van der Waals surface area contributed by atoms with Crippen LogP contribution in [-0.2, 0) is 4.79 Å². The molecule has 2 aromatic heterocycles. The number of anilines is 2. The van der Waals surface area contributed by atoms with Gasteiger partial charge in [-0.25, -0.2) is 9.78 Å². The van der Waals surface area contributed by atoms with Crippen LogP contribution in [0.25, 0.3) is 22.1 Å². The number of halogens is 4. The van der Waals surface area contributed by atoms with Crippen LogP contribution < -0.4 is 16.0 Å². The minimum absolute atomic E-state index is 0.268. The molecule has 1 aromatic carbocycles. The Morgan fingerprint density at radius 3 is 2.77 bits per heavy atom. The summed E-state index contributed by atoms with van der Waals surface area (Å²) >= 11 is 6.12. The molecule has 4 heterocycles. The third-order valence-corrected chi connectivity index (χ3v) is 5.47. The Labute approximate surface area is 172 Å². The normalized spacial score (nSPS) is 21.0. The summed E-state index contributed by atoms with van der Waals surface area (Å²) in [5.74, 6) is -1.02. The molecule has 160 valence electrons. The first-order valence-electron chi connectivity index (χ1n) is 9.08. The number of carboxylic acid groups (broad SMARTS) is 1. The van der Waals surface area contributed by atoms with Gasteiger partial charge in [0.2, 0.25) is 5.95 Å². The Kier molecular flexibility index (Phi) is 5.10. The molecule has 5 rings (SSSR count). The average Bonchev–Trinajstić information content (AvgIpc) is 3.35. The zero-order valence-electron chi connectivity index (χ0n) is 15.4. The molecule has 0 radical (unpaired) electrons. The maximum absolute atomic E-state index is 10.6. The van der Waals surface area contributed by atoms with E-state index in [2.05, 4.69) is 20.2 Å². The second kappa shape index (κ2) is 7.47. The molecule has 0 amide bonds. The van der Waals surface area contributed by atoms with Crippen LogP contribution in [-0.4, -0.2) is 52.9 Å². The van der Waals surface area contributed by atoms with Crippen molar-refractivity contribution in [2.75, 3.05) is 30.3 Å². The molecular formula is C18H17ClF3N5O3. The van der Waals surface area contributed by atoms with E-state index < -0.39 is 12.1 Å². The predicted octanol–water partition coefficient (Wildman–Crippen LogP) is 3.04. The van der Waals surface area contributed by atoms with Gasteiger partial charge in [0.1, 0.15) is 11.1 Å². The number of nitrogens with two attached hydrogens (primary N) is 1. The minimum atomic E-state index is -5.08. The second-order valence-electron chi connectivity index (χ2n) is 7.10. The fourth-order valence-electron chi connectivity index (χ4n) is 3.93. The quantitative estimate of drug-likeness (QED) is 0.525. The highest BCUT2D eigenvalue weighted by Crippen LogP contribution is 2.38. The van der Waals surface area contributed by atoms with Crippen LogP contribution >= 0.6 is 11.6 Å². The molecule has 2 atom stereocenters. The van der Waals surface area contributed by atoms with Gasteiger partial charge >= 0.3 is 12.1 Å². The highest BCUT2D eigenvalue weighted by Gasteiger charge is 2.40. The summed E-state index contributed by atoms with van der Waals surface area (Å²) < 4.78 is 37.8. The van der Waals surface area contributed by atoms with Gasteiger partial charge in [0, 0.05) is 36.1 Å². The molecule has 2 aliphatic rings. The number of nitrogens with one attached hydrogen (secondary N) is 1. The number of hydrogen-bond acceptors (Lipinski definition) is 7. The van der Waals surface area contributed by atoms with Gasteiger partial charge in [-0.1, -0.05) is 11.6 Å². The number of benzene rings is 1. The van der Waals surface area contributed by atoms with E-state index in [9.17, 15) is 13.2 Å². The Morgan fingerprint density at radius 2 is 2.07 bits per heavy atom. The number of aromatic nitrogens is 2. The number of alkyl halides is 3. The van der Waals surface area contributed by atoms with Crippen molar-refractivity contribution in [3.63, 3.8) is 0 Å². The van der Waals surface area contributed by atoms with Crippen molar-refractivity contribution in [2.45, 2.75) is 18.6 Å². The number of nitrogen functional groups attached to an aromatic ring is 1. The zero-order valence-corrected chi connectivity index (χ0v) is 16.2. The number of carboxylic acids is 1. The monoisotopic (exact) mass is 443 g/mol. The van der Waals surface area contributed by atoms with E-state index in [1.54, 1.807) is 0 Å². The summed E-state index contributed by atoms with van der Waals surface area (Å²) in [4.78, 5) is 20.1. The van der Waals surface area contributed by atoms with Crippen LogP contribution in [0, 0.1) is 5.92 Å². The van der Waals surface area contributed by atoms with Crippen LogP contribution in [0.2, 0.25) is 5.02 Å². The van der Waals surface area contributed by atoms with E-state index in [0.717, 1.165) is 48.4 Å². The lowest BCUT2D eigenvalue weighted by atomic mass is 10.1. The number of rotatable bonds is 1. The van der Waals surface area contributed by atoms with Gasteiger partial charge in [-0.05, 0) is 30.5 Å². The number of nitrogens with zero attached hydrogens (tertiary/aromatic N) is 3. The van der Waals surface area contributed by atoms with E-state index >= 15 is 0 Å². The first kappa shape index (κ1) is 20.5. The third kappa shape index (κ3) is 3.70. The van der Waals surface area contributed by atoms with Crippen LogP contribution in [0.4, 0.5) is 24.9 Å². The van der Waals surface area contributed by atoms with Crippen molar-refractivity contribution in [3.05, 3.63) is 23.2 Å². The van der Waals surface area contributed by atoms with Crippen LogP contribution in [0.3, 0.4) is 0 Å². The topological polar surface area (TPSA) is 118 Å². The molecule has 2 fully saturated rings. The van der Waals surface area contributed by atoms with Crippen molar-refractivity contribution in [1.29, 1.82) is 0 Å². The highest BCUT2D eigenvalue weighted by molar-refractivity contribution is 6.31. The third-order valence-electron chi connectivity index (χ3n) is 5.23. The van der Waals surface area contributed by atoms with Gasteiger partial charge in [-0.2, -0.15) is 18.2 Å². The van der Waals surface area contributed by atoms with Crippen LogP contribution in [0.15, 0.2) is 22.6 Å². The molecule has 0 spiro atoms. The Balaban J connectivity index is 0.000000272. The molecule has 30 heavy (non-hydrogen) atoms. The largest absolute Gasteiger partial charge is 0.490 e. The molecule has 0 saturated carbocycles. The summed E-state index contributed by atoms with van der Waals surface area (Å²) in [6.07, 6.45) is -3.92. The summed E-state index contributed by atoms with van der Waals surface area (Å²) in [5, 5.41) is 12.1. The fraction of sp³-hybridized carbons (Fsp3) is 0.389. The summed E-state index contributed by atoms with van der Waals surface area (Å²) in [6, 6.07) is 5.99. The molecule has 4 N–H and O–H groups in total. The molecular weight excluding hydrogens is 427 g/mol. The second-order valence-corrected chi connectivity index (χ2v) is 7.53. The number of hydrogen-bond donors (Lipinski definition) is 3. The van der Waals surface area contributed by atoms with Crippen molar-refractivity contribution < 1.29 is 27.5 Å². The van der Waals surface area contributed by atoms with E-state index in [1.165, 1.54) is 0 Å². The number of carbonyl (C=O) groups is 1. The molecule has 0 unspecified atom stereocenters. The van der Waals surface area contributed by atoms with Gasteiger partial charge in [0.25, 0.3) is 0 Å². The van der Waals surface area contributed by atoms with Gasteiger partial charge in [-0.15, -0.1) is 0 Å². The number of aliphatic carboxylic acids is 1. The zero-order chi connectivity index (χ0) is 21.6. The molecule has 3 aromatic rings. The molecule has 12 heteroatoms. The number of furan rings is 1. The lowest BCUT2D eigenvalue weighted by Gasteiger charge is -2.24. The molecule has 2 aliphatic heterocycles. The average molecular weight is 444 g/mol. The lowest BCUT2D eigenvalue weighted by Crippen LogP contribution is -2.35. The van der Waals surface area contributed by atoms with E-state index in [1.807, 2.05) is 18.2 Å². The maximum atomic E-state index is 10.6. The van der Waals surface area contributed by atoms with Gasteiger partial charge in [0.15, 0.2) is 11.4 Å². The summed E-state index contributed by atoms with van der Waals surface area (Å²) in [6.45, 7) is 3.02. The van der Waals surface area contributed by atoms with Crippen molar-refractivity contribution in [1.82, 2.24) is 15.3 Å². The fourth-order valence-corrected chi connectivity index (χ4v) is 4.10. The van der Waals surface area contributed by atoms with E-state index in [-0.39, 0.29) is 5.95 Å². The molecule has 0 aliphatic carbocycles. The van der Waals surface area contributed by atoms with Crippen LogP contribution in [0.5, 0.6) is 0 Å². The van der Waals surface area contributed by atoms with Crippen LogP contribution in [0.1, 0.15) is 6.42 Å².